The molecule has 3 rings (SSSR count). The number of H-pyrrole nitrogens is 1. The molecular formula is C16H15N5. The third-order valence-corrected chi connectivity index (χ3v) is 3.26. The van der Waals surface area contributed by atoms with Crippen LogP contribution >= 0.6 is 0 Å². The van der Waals surface area contributed by atoms with Crippen molar-refractivity contribution in [1.29, 1.82) is 0 Å². The smallest absolute Gasteiger partial charge is 0.0874 e. The fraction of sp³-hybridized carbons (Fsp3) is 0. The molecule has 5 nitrogen and oxygen atoms in total. The van der Waals surface area contributed by atoms with Gasteiger partial charge in [0.2, 0.25) is 0 Å². The van der Waals surface area contributed by atoms with Gasteiger partial charge in [0.1, 0.15) is 0 Å². The Hall–Kier alpha value is -3.08. The summed E-state index contributed by atoms with van der Waals surface area (Å²) >= 11 is 0. The molecule has 104 valence electrons. The topological polar surface area (TPSA) is 92.5 Å². The summed E-state index contributed by atoms with van der Waals surface area (Å²) in [5.74, 6) is 5.03. The fourth-order valence-electron chi connectivity index (χ4n) is 2.17. The summed E-state index contributed by atoms with van der Waals surface area (Å²) in [6.07, 6.45) is 0. The number of nitrogens with one attached hydrogen (secondary N) is 1. The van der Waals surface area contributed by atoms with Gasteiger partial charge < -0.3 is 16.6 Å². The highest BCUT2D eigenvalue weighted by Gasteiger charge is 2.04. The van der Waals surface area contributed by atoms with Crippen LogP contribution in [0.4, 0.5) is 11.4 Å². The molecule has 0 radical (unpaired) electrons. The Bertz CT molecular complexity index is 754. The molecule has 0 bridgehead atoms. The van der Waals surface area contributed by atoms with Crippen molar-refractivity contribution in [3.63, 3.8) is 0 Å². The number of nitrogens with two attached hydrogens (primary N) is 2. The van der Waals surface area contributed by atoms with E-state index in [2.05, 4.69) is 15.3 Å². The van der Waals surface area contributed by atoms with Crippen molar-refractivity contribution in [2.45, 2.75) is 0 Å². The molecule has 21 heavy (non-hydrogen) atoms. The Labute approximate surface area is 122 Å². The fourth-order valence-corrected chi connectivity index (χ4v) is 2.17. The van der Waals surface area contributed by atoms with Gasteiger partial charge in [-0.05, 0) is 47.5 Å². The maximum absolute atomic E-state index is 5.70. The number of nitrogen functional groups attached to an aromatic ring is 1. The van der Waals surface area contributed by atoms with E-state index in [9.17, 15) is 0 Å². The Morgan fingerprint density at radius 3 is 1.76 bits per heavy atom. The molecular weight excluding hydrogens is 262 g/mol. The molecule has 0 aliphatic heterocycles. The minimum Gasteiger partial charge on any atom is -0.399 e. The van der Waals surface area contributed by atoms with Crippen molar-refractivity contribution in [3.8, 4) is 22.5 Å². The second-order valence-electron chi connectivity index (χ2n) is 4.67. The van der Waals surface area contributed by atoms with Crippen LogP contribution in [0.1, 0.15) is 0 Å². The van der Waals surface area contributed by atoms with Crippen molar-refractivity contribution in [3.05, 3.63) is 60.7 Å². The van der Waals surface area contributed by atoms with Crippen LogP contribution in [0.2, 0.25) is 0 Å². The Morgan fingerprint density at radius 2 is 1.24 bits per heavy atom. The summed E-state index contributed by atoms with van der Waals surface area (Å²) in [6.45, 7) is 0. The van der Waals surface area contributed by atoms with E-state index in [1.807, 2.05) is 60.7 Å². The van der Waals surface area contributed by atoms with Gasteiger partial charge in [-0.1, -0.05) is 29.5 Å². The molecule has 0 unspecified atom stereocenters. The van der Waals surface area contributed by atoms with E-state index in [0.717, 1.165) is 33.9 Å². The summed E-state index contributed by atoms with van der Waals surface area (Å²) in [6, 6.07) is 19.6. The van der Waals surface area contributed by atoms with E-state index in [-0.39, 0.29) is 0 Å². The monoisotopic (exact) mass is 277 g/mol. The largest absolute Gasteiger partial charge is 0.399 e. The summed E-state index contributed by atoms with van der Waals surface area (Å²) in [5, 5.41) is 7.05. The minimum absolute atomic E-state index is 0.728. The van der Waals surface area contributed by atoms with Crippen LogP contribution in [-0.4, -0.2) is 4.98 Å². The molecule has 0 atom stereocenters. The van der Waals surface area contributed by atoms with Crippen LogP contribution in [0.5, 0.6) is 0 Å². The number of rotatable bonds is 3. The van der Waals surface area contributed by atoms with Gasteiger partial charge in [0.05, 0.1) is 5.69 Å². The number of hydrogen-bond acceptors (Lipinski definition) is 3. The van der Waals surface area contributed by atoms with Crippen LogP contribution in [0.25, 0.3) is 22.5 Å². The number of nitrogens with zero attached hydrogens (tertiary/aromatic N) is 2. The first kappa shape index (κ1) is 12.9. The zero-order valence-corrected chi connectivity index (χ0v) is 11.3. The van der Waals surface area contributed by atoms with Gasteiger partial charge in [-0.2, -0.15) is 0 Å². The van der Waals surface area contributed by atoms with Crippen molar-refractivity contribution < 1.29 is 0 Å². The van der Waals surface area contributed by atoms with Gasteiger partial charge in [0.15, 0.2) is 0 Å². The van der Waals surface area contributed by atoms with Crippen LogP contribution in [-0.2, 0) is 0 Å². The van der Waals surface area contributed by atoms with Crippen molar-refractivity contribution in [1.82, 2.24) is 4.98 Å². The van der Waals surface area contributed by atoms with Gasteiger partial charge in [-0.3, -0.25) is 0 Å². The van der Waals surface area contributed by atoms with E-state index < -0.39 is 0 Å². The molecule has 5 N–H and O–H groups in total. The predicted molar refractivity (Wildman–Crippen MR) is 84.8 cm³/mol. The van der Waals surface area contributed by atoms with Gasteiger partial charge in [-0.15, -0.1) is 5.11 Å². The van der Waals surface area contributed by atoms with E-state index in [1.54, 1.807) is 0 Å². The molecule has 1 heterocycles. The lowest BCUT2D eigenvalue weighted by Crippen LogP contribution is -1.84. The first-order chi connectivity index (χ1) is 10.3. The second-order valence-corrected chi connectivity index (χ2v) is 4.67. The van der Waals surface area contributed by atoms with Crippen molar-refractivity contribution in [2.75, 3.05) is 5.73 Å². The average Bonchev–Trinajstić information content (AvgIpc) is 2.99. The van der Waals surface area contributed by atoms with E-state index in [0.29, 0.717) is 0 Å². The highest BCUT2D eigenvalue weighted by molar-refractivity contribution is 5.69. The lowest BCUT2D eigenvalue weighted by atomic mass is 10.1. The number of anilines is 1. The Kier molecular flexibility index (Phi) is 3.39. The molecule has 0 aliphatic rings. The average molecular weight is 277 g/mol. The molecule has 0 fully saturated rings. The van der Waals surface area contributed by atoms with Crippen LogP contribution in [0, 0.1) is 0 Å². The first-order valence-corrected chi connectivity index (χ1v) is 6.52. The molecule has 0 saturated carbocycles. The minimum atomic E-state index is 0.728. The first-order valence-electron chi connectivity index (χ1n) is 6.52. The highest BCUT2D eigenvalue weighted by atomic mass is 15.3. The van der Waals surface area contributed by atoms with Crippen molar-refractivity contribution in [2.24, 2.45) is 16.2 Å². The number of aromatic amines is 1. The molecule has 0 amide bonds. The maximum Gasteiger partial charge on any atom is 0.0874 e. The summed E-state index contributed by atoms with van der Waals surface area (Å²) < 4.78 is 0. The standard InChI is InChI=1S/C16H15N5/c17-13-5-1-11(2-6-13)15-9-10-16(19-15)12-3-7-14(8-4-12)20-21-18/h1-10,19H,17H2,(H2,18,20). The number of hydrogen-bond donors (Lipinski definition) is 3. The lowest BCUT2D eigenvalue weighted by Gasteiger charge is -2.01. The van der Waals surface area contributed by atoms with Crippen LogP contribution in [0.15, 0.2) is 71.0 Å². The van der Waals surface area contributed by atoms with Crippen molar-refractivity contribution >= 4 is 11.4 Å². The molecule has 0 spiro atoms. The SMILES string of the molecule is NN=Nc1ccc(-c2ccc(-c3ccc(N)cc3)[nH]2)cc1. The van der Waals surface area contributed by atoms with Gasteiger partial charge in [0, 0.05) is 17.1 Å². The molecule has 3 aromatic rings. The Balaban J connectivity index is 1.89. The maximum atomic E-state index is 5.70. The van der Waals surface area contributed by atoms with E-state index in [4.69, 9.17) is 11.6 Å². The summed E-state index contributed by atoms with van der Waals surface area (Å²) in [7, 11) is 0. The summed E-state index contributed by atoms with van der Waals surface area (Å²) in [5.41, 5.74) is 11.5. The molecule has 0 saturated heterocycles. The molecule has 2 aromatic carbocycles. The van der Waals surface area contributed by atoms with Crippen LogP contribution < -0.4 is 11.6 Å². The van der Waals surface area contributed by atoms with Gasteiger partial charge in [0.25, 0.3) is 0 Å². The second kappa shape index (κ2) is 5.50. The van der Waals surface area contributed by atoms with E-state index in [1.165, 1.54) is 0 Å². The third kappa shape index (κ3) is 2.76. The quantitative estimate of drug-likeness (QED) is 0.293. The Morgan fingerprint density at radius 1 is 0.714 bits per heavy atom. The van der Waals surface area contributed by atoms with E-state index >= 15 is 0 Å². The normalized spacial score (nSPS) is 11.0. The summed E-state index contributed by atoms with van der Waals surface area (Å²) in [4.78, 5) is 3.40. The predicted octanol–water partition coefficient (Wildman–Crippen LogP) is 3.89. The third-order valence-electron chi connectivity index (χ3n) is 3.26. The van der Waals surface area contributed by atoms with Gasteiger partial charge >= 0.3 is 0 Å². The van der Waals surface area contributed by atoms with Gasteiger partial charge in [-0.25, -0.2) is 0 Å². The highest BCUT2D eigenvalue weighted by Crippen LogP contribution is 2.26. The zero-order chi connectivity index (χ0) is 14.7. The number of aromatic nitrogens is 1. The molecule has 0 aliphatic carbocycles. The van der Waals surface area contributed by atoms with Crippen LogP contribution in [0.3, 0.4) is 0 Å². The molecule has 5 heteroatoms. The zero-order valence-electron chi connectivity index (χ0n) is 11.3. The number of benzene rings is 2. The lowest BCUT2D eigenvalue weighted by molar-refractivity contribution is 1.06. The molecule has 1 aromatic heterocycles.